The van der Waals surface area contributed by atoms with E-state index < -0.39 is 6.10 Å². The van der Waals surface area contributed by atoms with Crippen LogP contribution in [0.4, 0.5) is 0 Å². The van der Waals surface area contributed by atoms with E-state index in [-0.39, 0.29) is 12.1 Å². The molecule has 5 heteroatoms. The van der Waals surface area contributed by atoms with Crippen molar-refractivity contribution in [2.45, 2.75) is 38.3 Å². The molecule has 0 bridgehead atoms. The molecule has 2 unspecified atom stereocenters. The minimum Gasteiger partial charge on any atom is -0.396 e. The molecule has 104 valence electrons. The van der Waals surface area contributed by atoms with E-state index in [9.17, 15) is 5.11 Å². The Balaban J connectivity index is 3.69. The van der Waals surface area contributed by atoms with Crippen molar-refractivity contribution in [3.05, 3.63) is 0 Å². The molecule has 0 radical (unpaired) electrons. The molecule has 0 aliphatic heterocycles. The highest BCUT2D eigenvalue weighted by molar-refractivity contribution is 4.82. The highest BCUT2D eigenvalue weighted by Crippen LogP contribution is 2.13. The van der Waals surface area contributed by atoms with Gasteiger partial charge in [-0.2, -0.15) is 0 Å². The van der Waals surface area contributed by atoms with Crippen LogP contribution in [0.2, 0.25) is 0 Å². The predicted molar refractivity (Wildman–Crippen MR) is 67.1 cm³/mol. The smallest absolute Gasteiger partial charge is 0.0897 e. The van der Waals surface area contributed by atoms with Gasteiger partial charge in [0, 0.05) is 25.8 Å². The largest absolute Gasteiger partial charge is 0.396 e. The van der Waals surface area contributed by atoms with Crippen LogP contribution in [0.1, 0.15) is 26.7 Å². The Morgan fingerprint density at radius 2 is 2.06 bits per heavy atom. The van der Waals surface area contributed by atoms with Crippen molar-refractivity contribution in [2.24, 2.45) is 0 Å². The molecule has 0 heterocycles. The van der Waals surface area contributed by atoms with Crippen LogP contribution in [-0.4, -0.2) is 61.9 Å². The third-order valence-electron chi connectivity index (χ3n) is 2.95. The second-order valence-corrected chi connectivity index (χ2v) is 4.49. The summed E-state index contributed by atoms with van der Waals surface area (Å²) in [7, 11) is 1.61. The number of aliphatic hydroxyl groups is 2. The van der Waals surface area contributed by atoms with E-state index in [1.54, 1.807) is 7.11 Å². The molecule has 0 spiro atoms. The van der Waals surface area contributed by atoms with Gasteiger partial charge in [-0.3, -0.25) is 0 Å². The third kappa shape index (κ3) is 8.51. The Labute approximate surface area is 104 Å². The first-order valence-electron chi connectivity index (χ1n) is 6.18. The number of nitrogens with one attached hydrogen (secondary N) is 1. The highest BCUT2D eigenvalue weighted by atomic mass is 16.5. The van der Waals surface area contributed by atoms with Gasteiger partial charge in [-0.15, -0.1) is 0 Å². The molecular formula is C12H27NO4. The lowest BCUT2D eigenvalue weighted by molar-refractivity contribution is 0.0105. The van der Waals surface area contributed by atoms with Gasteiger partial charge in [0.05, 0.1) is 25.9 Å². The highest BCUT2D eigenvalue weighted by Gasteiger charge is 2.21. The summed E-state index contributed by atoms with van der Waals surface area (Å²) in [6.45, 7) is 6.06. The number of β-amino-alcohol motifs (C(OH)–C–C–N with tert-alkyl or cyclic N) is 1. The number of hydrogen-bond acceptors (Lipinski definition) is 5. The summed E-state index contributed by atoms with van der Waals surface area (Å²) < 4.78 is 10.1. The first kappa shape index (κ1) is 16.8. The number of methoxy groups -OCH3 is 1. The van der Waals surface area contributed by atoms with Gasteiger partial charge in [-0.25, -0.2) is 0 Å². The monoisotopic (exact) mass is 249 g/mol. The summed E-state index contributed by atoms with van der Waals surface area (Å²) in [6, 6.07) is 0. The zero-order valence-electron chi connectivity index (χ0n) is 11.2. The van der Waals surface area contributed by atoms with Gasteiger partial charge in [-0.1, -0.05) is 6.92 Å². The molecule has 5 nitrogen and oxygen atoms in total. The summed E-state index contributed by atoms with van der Waals surface area (Å²) in [6.07, 6.45) is 1.06. The molecule has 0 aliphatic carbocycles. The van der Waals surface area contributed by atoms with E-state index in [1.807, 2.05) is 6.92 Å². The van der Waals surface area contributed by atoms with E-state index in [0.29, 0.717) is 32.8 Å². The lowest BCUT2D eigenvalue weighted by atomic mass is 9.95. The molecule has 0 aromatic rings. The Morgan fingerprint density at radius 3 is 2.59 bits per heavy atom. The molecule has 0 aromatic heterocycles. The zero-order chi connectivity index (χ0) is 13.1. The van der Waals surface area contributed by atoms with E-state index in [4.69, 9.17) is 14.6 Å². The zero-order valence-corrected chi connectivity index (χ0v) is 11.2. The molecule has 0 rings (SSSR count). The number of ether oxygens (including phenoxy) is 2. The van der Waals surface area contributed by atoms with Crippen molar-refractivity contribution < 1.29 is 19.7 Å². The quantitative estimate of drug-likeness (QED) is 0.455. The molecule has 2 atom stereocenters. The first-order valence-corrected chi connectivity index (χ1v) is 6.18. The topological polar surface area (TPSA) is 71.0 Å². The molecule has 0 amide bonds. The summed E-state index contributed by atoms with van der Waals surface area (Å²) >= 11 is 0. The minimum atomic E-state index is -0.531. The Kier molecular flexibility index (Phi) is 9.68. The number of aliphatic hydroxyl groups excluding tert-OH is 2. The second-order valence-electron chi connectivity index (χ2n) is 4.49. The fourth-order valence-electron chi connectivity index (χ4n) is 1.42. The first-order chi connectivity index (χ1) is 8.08. The van der Waals surface area contributed by atoms with Crippen LogP contribution in [0.5, 0.6) is 0 Å². The average Bonchev–Trinajstić information content (AvgIpc) is 2.32. The van der Waals surface area contributed by atoms with Crippen molar-refractivity contribution >= 4 is 0 Å². The van der Waals surface area contributed by atoms with Crippen LogP contribution >= 0.6 is 0 Å². The van der Waals surface area contributed by atoms with Gasteiger partial charge >= 0.3 is 0 Å². The summed E-state index contributed by atoms with van der Waals surface area (Å²) in [4.78, 5) is 0. The fraction of sp³-hybridized carbons (Fsp3) is 1.00. The van der Waals surface area contributed by atoms with Crippen LogP contribution in [0.3, 0.4) is 0 Å². The minimum absolute atomic E-state index is 0.123. The van der Waals surface area contributed by atoms with Crippen molar-refractivity contribution in [2.75, 3.05) is 40.1 Å². The molecule has 17 heavy (non-hydrogen) atoms. The maximum Gasteiger partial charge on any atom is 0.0897 e. The van der Waals surface area contributed by atoms with Gasteiger partial charge in [0.1, 0.15) is 0 Å². The maximum atomic E-state index is 9.68. The van der Waals surface area contributed by atoms with Crippen LogP contribution in [0, 0.1) is 0 Å². The average molecular weight is 249 g/mol. The molecule has 0 saturated heterocycles. The standard InChI is InChI=1S/C12H27NO4/c1-4-12(2,5-6-14)13-9-11(15)10-17-8-7-16-3/h11,13-15H,4-10H2,1-3H3. The van der Waals surface area contributed by atoms with E-state index in [2.05, 4.69) is 12.2 Å². The number of rotatable bonds is 11. The predicted octanol–water partition coefficient (Wildman–Crippen LogP) is 0.151. The van der Waals surface area contributed by atoms with E-state index in [1.165, 1.54) is 0 Å². The maximum absolute atomic E-state index is 9.68. The molecule has 0 aromatic carbocycles. The van der Waals surface area contributed by atoms with Crippen LogP contribution in [-0.2, 0) is 9.47 Å². The molecule has 0 saturated carbocycles. The van der Waals surface area contributed by atoms with Crippen LogP contribution in [0.25, 0.3) is 0 Å². The molecular weight excluding hydrogens is 222 g/mol. The van der Waals surface area contributed by atoms with Gasteiger partial charge in [0.2, 0.25) is 0 Å². The van der Waals surface area contributed by atoms with Gasteiger partial charge < -0.3 is 25.0 Å². The molecule has 3 N–H and O–H groups in total. The van der Waals surface area contributed by atoms with Crippen molar-refractivity contribution in [3.8, 4) is 0 Å². The normalized spacial score (nSPS) is 16.8. The third-order valence-corrected chi connectivity index (χ3v) is 2.95. The Bertz CT molecular complexity index is 180. The SMILES string of the molecule is CCC(C)(CCO)NCC(O)COCCOC. The van der Waals surface area contributed by atoms with Crippen molar-refractivity contribution in [1.82, 2.24) is 5.32 Å². The van der Waals surface area contributed by atoms with Gasteiger partial charge in [-0.05, 0) is 19.8 Å². The fourth-order valence-corrected chi connectivity index (χ4v) is 1.42. The van der Waals surface area contributed by atoms with Gasteiger partial charge in [0.25, 0.3) is 0 Å². The van der Waals surface area contributed by atoms with Crippen LogP contribution in [0.15, 0.2) is 0 Å². The molecule has 0 aliphatic rings. The summed E-state index contributed by atoms with van der Waals surface area (Å²) in [5, 5.41) is 21.9. The van der Waals surface area contributed by atoms with E-state index in [0.717, 1.165) is 6.42 Å². The Hall–Kier alpha value is -0.200. The summed E-state index contributed by atoms with van der Waals surface area (Å²) in [5.41, 5.74) is -0.123. The second kappa shape index (κ2) is 9.79. The lowest BCUT2D eigenvalue weighted by Gasteiger charge is -2.30. The van der Waals surface area contributed by atoms with Crippen molar-refractivity contribution in [3.63, 3.8) is 0 Å². The number of hydrogen-bond donors (Lipinski definition) is 3. The Morgan fingerprint density at radius 1 is 1.35 bits per heavy atom. The van der Waals surface area contributed by atoms with Gasteiger partial charge in [0.15, 0.2) is 0 Å². The van der Waals surface area contributed by atoms with E-state index >= 15 is 0 Å². The lowest BCUT2D eigenvalue weighted by Crippen LogP contribution is -2.46. The summed E-state index contributed by atoms with van der Waals surface area (Å²) in [5.74, 6) is 0. The van der Waals surface area contributed by atoms with Crippen molar-refractivity contribution in [1.29, 1.82) is 0 Å². The van der Waals surface area contributed by atoms with Crippen LogP contribution < -0.4 is 5.32 Å². The molecule has 0 fully saturated rings.